The fourth-order valence-corrected chi connectivity index (χ4v) is 15.0. The zero-order chi connectivity index (χ0) is 41.7. The van der Waals surface area contributed by atoms with Gasteiger partial charge in [-0.3, -0.25) is 0 Å². The van der Waals surface area contributed by atoms with Crippen LogP contribution in [0.4, 0.5) is 0 Å². The standard InChI is InChI=1S/C38H69N6O11Si2/c1-7-34(45)29-51-16-8-22-56(3,4)55-57(5,6)23-9-17-52-30-36(47)26-42-13-12-40(32-42)24-35(46)25-41-14-15-44(33-41)28-38(49)54-21-19-50-18-20-53-37(48)27-43-11-10-39(2)31-43/h10-15,31-36,45-47H,7-9,16-30H2,1-6H3/q+3. The number of ether oxygens (including phenoxy) is 5. The number of aliphatic hydroxyl groups is 3. The van der Waals surface area contributed by atoms with Crippen LogP contribution in [0.1, 0.15) is 26.2 Å². The fraction of sp³-hybridized carbons (Fsp3) is 0.711. The van der Waals surface area contributed by atoms with Gasteiger partial charge in [-0.15, -0.1) is 0 Å². The van der Waals surface area contributed by atoms with Crippen molar-refractivity contribution in [3.8, 4) is 0 Å². The van der Waals surface area contributed by atoms with Crippen molar-refractivity contribution < 1.29 is 66.4 Å². The molecule has 3 rings (SSSR count). The Bertz CT molecular complexity index is 1580. The summed E-state index contributed by atoms with van der Waals surface area (Å²) in [5.41, 5.74) is 0. The van der Waals surface area contributed by atoms with E-state index in [-0.39, 0.29) is 58.2 Å². The highest BCUT2D eigenvalue weighted by Crippen LogP contribution is 2.24. The van der Waals surface area contributed by atoms with Crippen LogP contribution in [0.25, 0.3) is 0 Å². The molecule has 3 aromatic heterocycles. The second-order valence-corrected chi connectivity index (χ2v) is 24.6. The molecule has 3 atom stereocenters. The molecule has 0 radical (unpaired) electrons. The van der Waals surface area contributed by atoms with Crippen molar-refractivity contribution in [1.82, 2.24) is 13.7 Å². The minimum Gasteiger partial charge on any atom is -0.460 e. The Morgan fingerprint density at radius 1 is 0.649 bits per heavy atom. The van der Waals surface area contributed by atoms with Gasteiger partial charge in [-0.25, -0.2) is 37.0 Å². The van der Waals surface area contributed by atoms with Crippen LogP contribution in [0.3, 0.4) is 0 Å². The first-order valence-corrected chi connectivity index (χ1v) is 26.2. The number of aryl methyl sites for hydroxylation is 1. The summed E-state index contributed by atoms with van der Waals surface area (Å²) in [6, 6.07) is 2.02. The molecule has 0 spiro atoms. The van der Waals surface area contributed by atoms with Gasteiger partial charge >= 0.3 is 11.9 Å². The van der Waals surface area contributed by atoms with E-state index in [1.54, 1.807) is 44.9 Å². The Hall–Kier alpha value is -3.28. The van der Waals surface area contributed by atoms with Crippen molar-refractivity contribution >= 4 is 28.6 Å². The molecule has 0 bridgehead atoms. The third kappa shape index (κ3) is 21.3. The summed E-state index contributed by atoms with van der Waals surface area (Å²) in [5, 5.41) is 30.9. The summed E-state index contributed by atoms with van der Waals surface area (Å²) in [7, 11) is -1.80. The molecule has 0 saturated carbocycles. The maximum atomic E-state index is 12.3. The van der Waals surface area contributed by atoms with Gasteiger partial charge in [0.15, 0.2) is 29.7 Å². The van der Waals surface area contributed by atoms with Gasteiger partial charge in [-0.2, -0.15) is 0 Å². The molecule has 322 valence electrons. The van der Waals surface area contributed by atoms with Gasteiger partial charge in [0.1, 0.15) is 82.2 Å². The largest absolute Gasteiger partial charge is 0.460 e. The number of aromatic nitrogens is 6. The quantitative estimate of drug-likeness (QED) is 0.0361. The lowest BCUT2D eigenvalue weighted by Gasteiger charge is -2.34. The van der Waals surface area contributed by atoms with E-state index in [4.69, 9.17) is 27.8 Å². The lowest BCUT2D eigenvalue weighted by atomic mass is 10.3. The first kappa shape index (κ1) is 48.1. The first-order chi connectivity index (χ1) is 27.1. The Morgan fingerprint density at radius 3 is 1.79 bits per heavy atom. The minimum absolute atomic E-state index is 0.0132. The fourth-order valence-electron chi connectivity index (χ4n) is 6.26. The number of hydrogen-bond acceptors (Lipinski definition) is 11. The third-order valence-corrected chi connectivity index (χ3v) is 16.5. The van der Waals surface area contributed by atoms with Crippen LogP contribution in [0.2, 0.25) is 38.3 Å². The van der Waals surface area contributed by atoms with Crippen LogP contribution in [0.5, 0.6) is 0 Å². The number of rotatable bonds is 31. The highest BCUT2D eigenvalue weighted by Gasteiger charge is 2.32. The molecule has 3 unspecified atom stereocenters. The molecule has 57 heavy (non-hydrogen) atoms. The normalized spacial score (nSPS) is 13.8. The topological polar surface area (TPSA) is 177 Å². The molecule has 3 aromatic rings. The number of esters is 2. The second-order valence-electron chi connectivity index (χ2n) is 15.7. The summed E-state index contributed by atoms with van der Waals surface area (Å²) in [6.07, 6.45) is 17.0. The van der Waals surface area contributed by atoms with Gasteiger partial charge in [-0.1, -0.05) is 6.92 Å². The summed E-state index contributed by atoms with van der Waals surface area (Å²) in [6.45, 7) is 14.6. The van der Waals surface area contributed by atoms with Crippen LogP contribution >= 0.6 is 0 Å². The van der Waals surface area contributed by atoms with E-state index in [0.29, 0.717) is 45.9 Å². The molecule has 19 heteroatoms. The number of carbonyl (C=O) groups is 2. The van der Waals surface area contributed by atoms with Crippen molar-refractivity contribution in [3.63, 3.8) is 0 Å². The van der Waals surface area contributed by atoms with Gasteiger partial charge in [0, 0.05) is 13.2 Å². The van der Waals surface area contributed by atoms with E-state index in [0.717, 1.165) is 24.9 Å². The first-order valence-electron chi connectivity index (χ1n) is 20.0. The predicted molar refractivity (Wildman–Crippen MR) is 212 cm³/mol. The van der Waals surface area contributed by atoms with E-state index in [1.807, 2.05) is 52.6 Å². The van der Waals surface area contributed by atoms with Crippen molar-refractivity contribution in [3.05, 3.63) is 56.2 Å². The Balaban J connectivity index is 1.22. The van der Waals surface area contributed by atoms with E-state index < -0.39 is 34.8 Å². The van der Waals surface area contributed by atoms with Gasteiger partial charge < -0.3 is 43.1 Å². The SMILES string of the molecule is CCC(O)COCCC[Si](C)(C)O[Si](C)(C)CCCOCC(O)Cn1cc[n+](CC(O)Cn2cc[n+](CC(=O)OCCOCCOC(=O)Cn3cc[n+](C)c3)c2)c1. The van der Waals surface area contributed by atoms with E-state index in [2.05, 4.69) is 26.2 Å². The second kappa shape index (κ2) is 25.3. The van der Waals surface area contributed by atoms with Gasteiger partial charge in [0.2, 0.25) is 19.0 Å². The Morgan fingerprint density at radius 2 is 1.19 bits per heavy atom. The molecule has 0 aliphatic heterocycles. The Kier molecular flexibility index (Phi) is 21.3. The summed E-state index contributed by atoms with van der Waals surface area (Å²) in [4.78, 5) is 24.1. The summed E-state index contributed by atoms with van der Waals surface area (Å²) in [5.74, 6) is -0.783. The molecular weight excluding hydrogens is 773 g/mol. The number of imidazole rings is 3. The lowest BCUT2D eigenvalue weighted by Crippen LogP contribution is -2.44. The molecule has 3 heterocycles. The highest BCUT2D eigenvalue weighted by atomic mass is 28.4. The van der Waals surface area contributed by atoms with Crippen molar-refractivity contribution in [1.29, 1.82) is 0 Å². The van der Waals surface area contributed by atoms with Gasteiger partial charge in [-0.05, 0) is 57.5 Å². The van der Waals surface area contributed by atoms with E-state index in [1.165, 1.54) is 0 Å². The average Bonchev–Trinajstić information content (AvgIpc) is 3.88. The Labute approximate surface area is 339 Å². The van der Waals surface area contributed by atoms with E-state index in [9.17, 15) is 24.9 Å². The highest BCUT2D eigenvalue weighted by molar-refractivity contribution is 6.84. The van der Waals surface area contributed by atoms with Crippen LogP contribution in [0, 0.1) is 0 Å². The zero-order valence-electron chi connectivity index (χ0n) is 34.9. The van der Waals surface area contributed by atoms with E-state index >= 15 is 0 Å². The minimum atomic E-state index is -1.85. The number of hydrogen-bond donors (Lipinski definition) is 3. The molecule has 0 amide bonds. The predicted octanol–water partition coefficient (Wildman–Crippen LogP) is 0.727. The molecular formula is C38H69N6O11Si2+3. The third-order valence-electron chi connectivity index (χ3n) is 8.97. The maximum Gasteiger partial charge on any atom is 0.348 e. The van der Waals surface area contributed by atoms with Gasteiger partial charge in [0.25, 0.3) is 0 Å². The summed E-state index contributed by atoms with van der Waals surface area (Å²) < 4.78 is 44.6. The number of aliphatic hydroxyl groups excluding tert-OH is 3. The van der Waals surface area contributed by atoms with Crippen LogP contribution in [0.15, 0.2) is 56.2 Å². The van der Waals surface area contributed by atoms with Crippen LogP contribution < -0.4 is 13.7 Å². The maximum absolute atomic E-state index is 12.3. The average molecular weight is 842 g/mol. The van der Waals surface area contributed by atoms with Crippen molar-refractivity contribution in [2.24, 2.45) is 7.05 Å². The number of carbonyl (C=O) groups excluding carboxylic acids is 2. The van der Waals surface area contributed by atoms with Crippen molar-refractivity contribution in [2.45, 2.75) is 115 Å². The smallest absolute Gasteiger partial charge is 0.348 e. The van der Waals surface area contributed by atoms with Crippen molar-refractivity contribution in [2.75, 3.05) is 52.9 Å². The zero-order valence-corrected chi connectivity index (χ0v) is 36.9. The monoisotopic (exact) mass is 841 g/mol. The molecule has 0 aromatic carbocycles. The number of nitrogens with zero attached hydrogens (tertiary/aromatic N) is 6. The molecule has 0 aliphatic rings. The molecule has 17 nitrogen and oxygen atoms in total. The van der Waals surface area contributed by atoms with Crippen LogP contribution in [-0.2, 0) is 77.2 Å². The molecule has 0 aliphatic carbocycles. The molecule has 0 fully saturated rings. The lowest BCUT2D eigenvalue weighted by molar-refractivity contribution is -0.703. The molecule has 0 saturated heterocycles. The summed E-state index contributed by atoms with van der Waals surface area (Å²) >= 11 is 0. The van der Waals surface area contributed by atoms with Crippen LogP contribution in [-0.4, -0.2) is 129 Å². The molecule has 3 N–H and O–H groups in total. The van der Waals surface area contributed by atoms with Gasteiger partial charge in [0.05, 0.1) is 39.6 Å².